The van der Waals surface area contributed by atoms with Crippen molar-refractivity contribution in [2.75, 3.05) is 19.7 Å². The van der Waals surface area contributed by atoms with Crippen molar-refractivity contribution in [3.05, 3.63) is 29.7 Å². The standard InChI is InChI=1S/C17H22FN3O/c1-2-22-17(11-4-3-5-12(17)9-19-8-11)16-13-10-20-21-15(13)7-6-14(16)18/h6-7,10-12,19H,2-5,8-9H2,1H3,(H,20,21). The first-order valence-corrected chi connectivity index (χ1v) is 8.24. The number of nitrogens with zero attached hydrogens (tertiary/aromatic N) is 1. The Morgan fingerprint density at radius 1 is 1.32 bits per heavy atom. The number of halogens is 1. The average molecular weight is 303 g/mol. The number of benzene rings is 1. The van der Waals surface area contributed by atoms with Crippen LogP contribution in [0.4, 0.5) is 4.39 Å². The number of piperidine rings is 1. The van der Waals surface area contributed by atoms with Gasteiger partial charge < -0.3 is 10.1 Å². The number of aromatic amines is 1. The monoisotopic (exact) mass is 303 g/mol. The first-order valence-electron chi connectivity index (χ1n) is 8.24. The number of nitrogens with one attached hydrogen (secondary N) is 2. The summed E-state index contributed by atoms with van der Waals surface area (Å²) in [6.07, 6.45) is 5.11. The van der Waals surface area contributed by atoms with Crippen molar-refractivity contribution in [2.24, 2.45) is 11.8 Å². The van der Waals surface area contributed by atoms with E-state index >= 15 is 0 Å². The molecule has 1 aromatic heterocycles. The average Bonchev–Trinajstić information content (AvgIpc) is 2.95. The minimum absolute atomic E-state index is 0.166. The van der Waals surface area contributed by atoms with Crippen molar-refractivity contribution in [3.8, 4) is 0 Å². The second-order valence-corrected chi connectivity index (χ2v) is 6.46. The maximum atomic E-state index is 14.9. The van der Waals surface area contributed by atoms with Crippen molar-refractivity contribution < 1.29 is 9.13 Å². The van der Waals surface area contributed by atoms with E-state index in [1.54, 1.807) is 18.3 Å². The van der Waals surface area contributed by atoms with E-state index in [1.165, 1.54) is 6.42 Å². The first-order chi connectivity index (χ1) is 10.8. The molecule has 1 aliphatic heterocycles. The molecule has 1 aliphatic carbocycles. The molecule has 118 valence electrons. The Hall–Kier alpha value is -1.46. The zero-order valence-electron chi connectivity index (χ0n) is 12.9. The fourth-order valence-corrected chi connectivity index (χ4v) is 4.65. The number of aromatic nitrogens is 2. The predicted octanol–water partition coefficient (Wildman–Crippen LogP) is 2.95. The molecule has 22 heavy (non-hydrogen) atoms. The van der Waals surface area contributed by atoms with E-state index in [9.17, 15) is 4.39 Å². The number of fused-ring (bicyclic) bond motifs is 3. The molecule has 2 heterocycles. The zero-order chi connectivity index (χ0) is 15.2. The van der Waals surface area contributed by atoms with Gasteiger partial charge in [-0.25, -0.2) is 4.39 Å². The van der Waals surface area contributed by atoms with Crippen molar-refractivity contribution in [1.29, 1.82) is 0 Å². The number of hydrogen-bond donors (Lipinski definition) is 2. The van der Waals surface area contributed by atoms with Crippen molar-refractivity contribution in [2.45, 2.75) is 31.8 Å². The smallest absolute Gasteiger partial charge is 0.130 e. The second kappa shape index (κ2) is 5.32. The molecule has 5 heteroatoms. The summed E-state index contributed by atoms with van der Waals surface area (Å²) in [6.45, 7) is 4.39. The number of rotatable bonds is 3. The fraction of sp³-hybridized carbons (Fsp3) is 0.588. The zero-order valence-corrected chi connectivity index (χ0v) is 12.9. The molecule has 2 bridgehead atoms. The highest BCUT2D eigenvalue weighted by Crippen LogP contribution is 2.52. The molecule has 1 saturated heterocycles. The van der Waals surface area contributed by atoms with Crippen LogP contribution in [0.2, 0.25) is 0 Å². The number of H-pyrrole nitrogens is 1. The van der Waals surface area contributed by atoms with Gasteiger partial charge in [0.2, 0.25) is 0 Å². The second-order valence-electron chi connectivity index (χ2n) is 6.46. The first kappa shape index (κ1) is 14.2. The summed E-state index contributed by atoms with van der Waals surface area (Å²) >= 11 is 0. The highest BCUT2D eigenvalue weighted by atomic mass is 19.1. The summed E-state index contributed by atoms with van der Waals surface area (Å²) in [5.41, 5.74) is 1.08. The molecule has 2 N–H and O–H groups in total. The van der Waals surface area contributed by atoms with Crippen LogP contribution in [-0.2, 0) is 10.3 Å². The van der Waals surface area contributed by atoms with Crippen LogP contribution >= 0.6 is 0 Å². The SMILES string of the molecule is CCOC1(c2c(F)ccc3[nH]ncc23)C2CCCC1CNC2. The minimum Gasteiger partial charge on any atom is -0.370 e. The highest BCUT2D eigenvalue weighted by molar-refractivity contribution is 5.83. The molecule has 4 nitrogen and oxygen atoms in total. The van der Waals surface area contributed by atoms with Crippen LogP contribution in [0.5, 0.6) is 0 Å². The van der Waals surface area contributed by atoms with Crippen LogP contribution in [0.3, 0.4) is 0 Å². The summed E-state index contributed by atoms with van der Waals surface area (Å²) < 4.78 is 21.3. The largest absolute Gasteiger partial charge is 0.370 e. The molecule has 0 amide bonds. The minimum atomic E-state index is -0.522. The lowest BCUT2D eigenvalue weighted by molar-refractivity contribution is -0.162. The highest BCUT2D eigenvalue weighted by Gasteiger charge is 2.53. The van der Waals surface area contributed by atoms with E-state index in [2.05, 4.69) is 15.5 Å². The predicted molar refractivity (Wildman–Crippen MR) is 83.1 cm³/mol. The van der Waals surface area contributed by atoms with Crippen LogP contribution in [0.25, 0.3) is 10.9 Å². The fourth-order valence-electron chi connectivity index (χ4n) is 4.65. The summed E-state index contributed by atoms with van der Waals surface area (Å²) in [6, 6.07) is 3.31. The number of hydrogen-bond acceptors (Lipinski definition) is 3. The Bertz CT molecular complexity index is 662. The quantitative estimate of drug-likeness (QED) is 0.916. The van der Waals surface area contributed by atoms with E-state index in [4.69, 9.17) is 4.74 Å². The third-order valence-electron chi connectivity index (χ3n) is 5.45. The molecule has 4 rings (SSSR count). The molecule has 0 radical (unpaired) electrons. The maximum Gasteiger partial charge on any atom is 0.130 e. The summed E-state index contributed by atoms with van der Waals surface area (Å²) in [7, 11) is 0. The van der Waals surface area contributed by atoms with Crippen molar-refractivity contribution in [3.63, 3.8) is 0 Å². The molecular formula is C17H22FN3O. The third kappa shape index (κ3) is 1.85. The van der Waals surface area contributed by atoms with E-state index in [0.29, 0.717) is 18.4 Å². The van der Waals surface area contributed by atoms with E-state index in [1.807, 2.05) is 6.92 Å². The lowest BCUT2D eigenvalue weighted by Crippen LogP contribution is -2.58. The van der Waals surface area contributed by atoms with E-state index in [0.717, 1.165) is 42.4 Å². The van der Waals surface area contributed by atoms with Gasteiger partial charge in [-0.15, -0.1) is 0 Å². The van der Waals surface area contributed by atoms with Gasteiger partial charge in [-0.3, -0.25) is 5.10 Å². The van der Waals surface area contributed by atoms with Gasteiger partial charge in [0, 0.05) is 42.5 Å². The van der Waals surface area contributed by atoms with Crippen LogP contribution in [0.15, 0.2) is 18.3 Å². The van der Waals surface area contributed by atoms with Gasteiger partial charge in [0.15, 0.2) is 0 Å². The van der Waals surface area contributed by atoms with Gasteiger partial charge in [-0.2, -0.15) is 5.10 Å². The third-order valence-corrected chi connectivity index (χ3v) is 5.45. The van der Waals surface area contributed by atoms with Gasteiger partial charge in [0.05, 0.1) is 11.7 Å². The van der Waals surface area contributed by atoms with Crippen molar-refractivity contribution >= 4 is 10.9 Å². The van der Waals surface area contributed by atoms with Crippen molar-refractivity contribution in [1.82, 2.24) is 15.5 Å². The molecule has 2 atom stereocenters. The Kier molecular flexibility index (Phi) is 3.42. The number of ether oxygens (including phenoxy) is 1. The Morgan fingerprint density at radius 3 is 2.82 bits per heavy atom. The molecule has 1 saturated carbocycles. The topological polar surface area (TPSA) is 49.9 Å². The van der Waals surface area contributed by atoms with E-state index < -0.39 is 5.60 Å². The molecule has 0 spiro atoms. The van der Waals surface area contributed by atoms with Crippen LogP contribution in [-0.4, -0.2) is 29.9 Å². The van der Waals surface area contributed by atoms with Crippen LogP contribution in [0, 0.1) is 17.7 Å². The summed E-state index contributed by atoms with van der Waals surface area (Å²) in [5, 5.41) is 11.5. The summed E-state index contributed by atoms with van der Waals surface area (Å²) in [4.78, 5) is 0. The van der Waals surface area contributed by atoms with Gasteiger partial charge in [-0.05, 0) is 31.9 Å². The van der Waals surface area contributed by atoms with Crippen LogP contribution in [0.1, 0.15) is 31.7 Å². The molecule has 2 unspecified atom stereocenters. The molecular weight excluding hydrogens is 281 g/mol. The Morgan fingerprint density at radius 2 is 2.09 bits per heavy atom. The Balaban J connectivity index is 1.98. The molecule has 1 aromatic carbocycles. The lowest BCUT2D eigenvalue weighted by atomic mass is 9.62. The van der Waals surface area contributed by atoms with Gasteiger partial charge in [-0.1, -0.05) is 6.42 Å². The maximum absolute atomic E-state index is 14.9. The summed E-state index contributed by atoms with van der Waals surface area (Å²) in [5.74, 6) is 0.464. The molecule has 2 fully saturated rings. The molecule has 2 aromatic rings. The van der Waals surface area contributed by atoms with Gasteiger partial charge in [0.25, 0.3) is 0 Å². The molecule has 2 aliphatic rings. The Labute approximate surface area is 129 Å². The van der Waals surface area contributed by atoms with E-state index in [-0.39, 0.29) is 5.82 Å². The van der Waals surface area contributed by atoms with Gasteiger partial charge in [0.1, 0.15) is 11.4 Å². The lowest BCUT2D eigenvalue weighted by Gasteiger charge is -2.53. The van der Waals surface area contributed by atoms with Crippen LogP contribution < -0.4 is 5.32 Å². The van der Waals surface area contributed by atoms with Gasteiger partial charge >= 0.3 is 0 Å². The normalized spacial score (nSPS) is 31.5.